The van der Waals surface area contributed by atoms with Crippen LogP contribution >= 0.6 is 11.8 Å². The van der Waals surface area contributed by atoms with Gasteiger partial charge in [-0.2, -0.15) is 5.10 Å². The first-order chi connectivity index (χ1) is 10.2. The van der Waals surface area contributed by atoms with Gasteiger partial charge in [0.1, 0.15) is 6.20 Å². The molecule has 1 aromatic carbocycles. The summed E-state index contributed by atoms with van der Waals surface area (Å²) in [5.74, 6) is 0.650. The number of benzene rings is 1. The Hall–Kier alpha value is -2.41. The smallest absolute Gasteiger partial charge is 0.258 e. The van der Waals surface area contributed by atoms with Crippen LogP contribution in [0.25, 0.3) is 5.65 Å². The number of nitrogens with zero attached hydrogens (tertiary/aromatic N) is 4. The Morgan fingerprint density at radius 3 is 2.86 bits per heavy atom. The molecule has 21 heavy (non-hydrogen) atoms. The van der Waals surface area contributed by atoms with Gasteiger partial charge in [0, 0.05) is 17.4 Å². The molecule has 0 aliphatic rings. The van der Waals surface area contributed by atoms with Crippen LogP contribution in [0.4, 0.5) is 5.69 Å². The molecular weight excluding hydrogens is 288 g/mol. The number of fused-ring (bicyclic) bond motifs is 1. The van der Waals surface area contributed by atoms with E-state index in [1.54, 1.807) is 17.8 Å². The van der Waals surface area contributed by atoms with Crippen LogP contribution in [0, 0.1) is 10.1 Å². The summed E-state index contributed by atoms with van der Waals surface area (Å²) < 4.78 is 1.45. The summed E-state index contributed by atoms with van der Waals surface area (Å²) >= 11 is 1.68. The van der Waals surface area contributed by atoms with Crippen LogP contribution in [-0.4, -0.2) is 25.8 Å². The van der Waals surface area contributed by atoms with Crippen molar-refractivity contribution in [2.75, 3.05) is 6.26 Å². The minimum atomic E-state index is -0.441. The lowest BCUT2D eigenvalue weighted by atomic mass is 10.1. The second-order valence-electron chi connectivity index (χ2n) is 4.46. The molecular formula is C14H12N4O2S. The highest BCUT2D eigenvalue weighted by atomic mass is 32.2. The number of aromatic nitrogens is 3. The molecule has 0 bridgehead atoms. The lowest BCUT2D eigenvalue weighted by Gasteiger charge is -2.03. The van der Waals surface area contributed by atoms with Crippen LogP contribution in [0.3, 0.4) is 0 Å². The van der Waals surface area contributed by atoms with Crippen molar-refractivity contribution in [1.82, 2.24) is 14.6 Å². The lowest BCUT2D eigenvalue weighted by Crippen LogP contribution is -1.95. The highest BCUT2D eigenvalue weighted by Crippen LogP contribution is 2.22. The van der Waals surface area contributed by atoms with Crippen molar-refractivity contribution < 1.29 is 4.92 Å². The van der Waals surface area contributed by atoms with Crippen LogP contribution in [0.15, 0.2) is 47.5 Å². The molecule has 0 atom stereocenters. The van der Waals surface area contributed by atoms with Gasteiger partial charge in [0.05, 0.1) is 4.92 Å². The van der Waals surface area contributed by atoms with E-state index in [9.17, 15) is 10.1 Å². The van der Waals surface area contributed by atoms with Crippen LogP contribution in [0.2, 0.25) is 0 Å². The molecule has 0 saturated heterocycles. The predicted octanol–water partition coefficient (Wildman–Crippen LogP) is 2.95. The van der Waals surface area contributed by atoms with Gasteiger partial charge < -0.3 is 0 Å². The number of pyridine rings is 1. The summed E-state index contributed by atoms with van der Waals surface area (Å²) in [5, 5.41) is 15.1. The van der Waals surface area contributed by atoms with Crippen molar-refractivity contribution in [2.45, 2.75) is 11.3 Å². The molecule has 0 unspecified atom stereocenters. The van der Waals surface area contributed by atoms with Crippen molar-refractivity contribution in [3.05, 3.63) is 64.1 Å². The zero-order valence-corrected chi connectivity index (χ0v) is 12.1. The molecule has 7 heteroatoms. The van der Waals surface area contributed by atoms with Gasteiger partial charge in [-0.05, 0) is 24.0 Å². The minimum Gasteiger partial charge on any atom is -0.258 e. The second-order valence-corrected chi connectivity index (χ2v) is 5.31. The van der Waals surface area contributed by atoms with Crippen molar-refractivity contribution in [3.63, 3.8) is 0 Å². The summed E-state index contributed by atoms with van der Waals surface area (Å²) in [5.41, 5.74) is 1.76. The van der Waals surface area contributed by atoms with Crippen molar-refractivity contribution in [1.29, 1.82) is 0 Å². The van der Waals surface area contributed by atoms with E-state index in [1.165, 1.54) is 21.7 Å². The SMILES string of the molecule is CSc1ccccc1Cc1nc2ccc([N+](=O)[O-])cn2n1. The van der Waals surface area contributed by atoms with Gasteiger partial charge in [-0.1, -0.05) is 18.2 Å². The fraction of sp³-hybridized carbons (Fsp3) is 0.143. The Morgan fingerprint density at radius 2 is 2.10 bits per heavy atom. The van der Waals surface area contributed by atoms with Gasteiger partial charge in [0.15, 0.2) is 11.5 Å². The normalized spacial score (nSPS) is 10.9. The van der Waals surface area contributed by atoms with Crippen molar-refractivity contribution >= 4 is 23.1 Å². The van der Waals surface area contributed by atoms with E-state index in [2.05, 4.69) is 16.1 Å². The Balaban J connectivity index is 1.96. The molecule has 106 valence electrons. The van der Waals surface area contributed by atoms with Gasteiger partial charge in [0.25, 0.3) is 5.69 Å². The molecule has 3 aromatic rings. The standard InChI is InChI=1S/C14H12N4O2S/c1-21-12-5-3-2-4-10(12)8-13-15-14-7-6-11(18(19)20)9-17(14)16-13/h2-7,9H,8H2,1H3. The summed E-state index contributed by atoms with van der Waals surface area (Å²) in [6, 6.07) is 11.1. The molecule has 0 saturated carbocycles. The number of hydrogen-bond acceptors (Lipinski definition) is 5. The number of nitro groups is 1. The fourth-order valence-electron chi connectivity index (χ4n) is 2.12. The van der Waals surface area contributed by atoms with Crippen LogP contribution in [0.5, 0.6) is 0 Å². The molecule has 2 heterocycles. The molecule has 0 N–H and O–H groups in total. The van der Waals surface area contributed by atoms with E-state index in [0.29, 0.717) is 17.9 Å². The van der Waals surface area contributed by atoms with Crippen LogP contribution < -0.4 is 0 Å². The summed E-state index contributed by atoms with van der Waals surface area (Å²) in [7, 11) is 0. The summed E-state index contributed by atoms with van der Waals surface area (Å²) in [6.45, 7) is 0. The third kappa shape index (κ3) is 2.73. The highest BCUT2D eigenvalue weighted by Gasteiger charge is 2.11. The predicted molar refractivity (Wildman–Crippen MR) is 80.7 cm³/mol. The molecule has 3 rings (SSSR count). The summed E-state index contributed by atoms with van der Waals surface area (Å²) in [4.78, 5) is 15.9. The maximum absolute atomic E-state index is 10.8. The monoisotopic (exact) mass is 300 g/mol. The molecule has 2 aromatic heterocycles. The van der Waals surface area contributed by atoms with Crippen LogP contribution in [-0.2, 0) is 6.42 Å². The second kappa shape index (κ2) is 5.53. The minimum absolute atomic E-state index is 0.00321. The summed E-state index contributed by atoms with van der Waals surface area (Å²) in [6.07, 6.45) is 4.01. The first kappa shape index (κ1) is 13.6. The van der Waals surface area contributed by atoms with Crippen LogP contribution in [0.1, 0.15) is 11.4 Å². The zero-order valence-electron chi connectivity index (χ0n) is 11.3. The first-order valence-corrected chi connectivity index (χ1v) is 7.51. The van der Waals surface area contributed by atoms with E-state index >= 15 is 0 Å². The van der Waals surface area contributed by atoms with E-state index < -0.39 is 4.92 Å². The van der Waals surface area contributed by atoms with Gasteiger partial charge in [-0.3, -0.25) is 10.1 Å². The Morgan fingerprint density at radius 1 is 1.29 bits per heavy atom. The van der Waals surface area contributed by atoms with E-state index in [4.69, 9.17) is 0 Å². The van der Waals surface area contributed by atoms with Gasteiger partial charge in [0.2, 0.25) is 0 Å². The Labute approximate surface area is 125 Å². The Bertz CT molecular complexity index is 816. The van der Waals surface area contributed by atoms with Gasteiger partial charge in [-0.25, -0.2) is 9.50 Å². The number of hydrogen-bond donors (Lipinski definition) is 0. The van der Waals surface area contributed by atoms with Crippen molar-refractivity contribution in [2.24, 2.45) is 0 Å². The largest absolute Gasteiger partial charge is 0.287 e. The topological polar surface area (TPSA) is 73.3 Å². The quantitative estimate of drug-likeness (QED) is 0.421. The molecule has 0 aliphatic heterocycles. The molecule has 0 radical (unpaired) electrons. The highest BCUT2D eigenvalue weighted by molar-refractivity contribution is 7.98. The fourth-order valence-corrected chi connectivity index (χ4v) is 2.74. The third-order valence-corrected chi connectivity index (χ3v) is 3.95. The average molecular weight is 300 g/mol. The molecule has 0 spiro atoms. The molecule has 6 nitrogen and oxygen atoms in total. The maximum Gasteiger partial charge on any atom is 0.287 e. The van der Waals surface area contributed by atoms with Gasteiger partial charge in [-0.15, -0.1) is 11.8 Å². The van der Waals surface area contributed by atoms with Crippen molar-refractivity contribution in [3.8, 4) is 0 Å². The molecule has 0 fully saturated rings. The maximum atomic E-state index is 10.8. The molecule has 0 amide bonds. The zero-order chi connectivity index (χ0) is 14.8. The molecule has 0 aliphatic carbocycles. The first-order valence-electron chi connectivity index (χ1n) is 6.29. The van der Waals surface area contributed by atoms with E-state index in [1.807, 2.05) is 24.5 Å². The van der Waals surface area contributed by atoms with E-state index in [-0.39, 0.29) is 5.69 Å². The lowest BCUT2D eigenvalue weighted by molar-refractivity contribution is -0.385. The average Bonchev–Trinajstić information content (AvgIpc) is 2.89. The number of rotatable bonds is 4. The number of thioether (sulfide) groups is 1. The third-order valence-electron chi connectivity index (χ3n) is 3.11. The Kier molecular flexibility index (Phi) is 3.57. The van der Waals surface area contributed by atoms with E-state index in [0.717, 1.165) is 5.56 Å². The van der Waals surface area contributed by atoms with Gasteiger partial charge >= 0.3 is 0 Å².